The molecule has 3 heteroatoms. The summed E-state index contributed by atoms with van der Waals surface area (Å²) in [5.74, 6) is 0.972. The van der Waals surface area contributed by atoms with Crippen LogP contribution in [-0.4, -0.2) is 41.4 Å². The molecular weight excluding hydrogens is 332 g/mol. The first-order chi connectivity index (χ1) is 13.1. The molecule has 3 rings (SSSR count). The van der Waals surface area contributed by atoms with Crippen LogP contribution in [0, 0.1) is 5.92 Å². The summed E-state index contributed by atoms with van der Waals surface area (Å²) in [5, 5.41) is 0. The van der Waals surface area contributed by atoms with Crippen LogP contribution in [-0.2, 0) is 17.8 Å². The van der Waals surface area contributed by atoms with Crippen molar-refractivity contribution in [2.24, 2.45) is 5.92 Å². The van der Waals surface area contributed by atoms with Crippen LogP contribution in [0.5, 0.6) is 0 Å². The van der Waals surface area contributed by atoms with Gasteiger partial charge in [-0.15, -0.1) is 0 Å². The summed E-state index contributed by atoms with van der Waals surface area (Å²) < 4.78 is 0. The molecule has 1 aliphatic heterocycles. The van der Waals surface area contributed by atoms with Gasteiger partial charge in [-0.1, -0.05) is 60.7 Å². The van der Waals surface area contributed by atoms with Gasteiger partial charge in [0, 0.05) is 25.7 Å². The largest absolute Gasteiger partial charge is 0.342 e. The third-order valence-corrected chi connectivity index (χ3v) is 5.63. The zero-order chi connectivity index (χ0) is 19.1. The third-order valence-electron chi connectivity index (χ3n) is 5.63. The number of nitrogens with zero attached hydrogens (tertiary/aromatic N) is 2. The summed E-state index contributed by atoms with van der Waals surface area (Å²) in [6, 6.07) is 21.5. The maximum Gasteiger partial charge on any atom is 0.236 e. The average molecular weight is 365 g/mol. The number of benzene rings is 2. The number of hydrogen-bond acceptors (Lipinski definition) is 2. The number of likely N-dealkylation sites (tertiary alicyclic amines) is 1. The van der Waals surface area contributed by atoms with Gasteiger partial charge in [-0.25, -0.2) is 0 Å². The van der Waals surface area contributed by atoms with E-state index in [9.17, 15) is 4.79 Å². The van der Waals surface area contributed by atoms with E-state index < -0.39 is 0 Å². The van der Waals surface area contributed by atoms with Crippen LogP contribution < -0.4 is 0 Å². The fraction of sp³-hybridized carbons (Fsp3) is 0.458. The zero-order valence-electron chi connectivity index (χ0n) is 16.7. The Hall–Kier alpha value is -2.13. The van der Waals surface area contributed by atoms with Crippen molar-refractivity contribution in [2.75, 3.05) is 19.6 Å². The van der Waals surface area contributed by atoms with E-state index in [1.807, 2.05) is 6.07 Å². The molecule has 2 aromatic rings. The highest BCUT2D eigenvalue weighted by molar-refractivity contribution is 5.78. The lowest BCUT2D eigenvalue weighted by Gasteiger charge is -2.34. The van der Waals surface area contributed by atoms with Gasteiger partial charge < -0.3 is 4.90 Å². The van der Waals surface area contributed by atoms with Gasteiger partial charge >= 0.3 is 0 Å². The Morgan fingerprint density at radius 1 is 0.963 bits per heavy atom. The number of amides is 1. The number of carbonyl (C=O) groups excluding carboxylic acids is 1. The minimum Gasteiger partial charge on any atom is -0.342 e. The highest BCUT2D eigenvalue weighted by Crippen LogP contribution is 2.22. The first kappa shape index (κ1) is 19.6. The van der Waals surface area contributed by atoms with Crippen LogP contribution in [0.1, 0.15) is 37.8 Å². The maximum absolute atomic E-state index is 12.9. The topological polar surface area (TPSA) is 23.6 Å². The van der Waals surface area contributed by atoms with Crippen molar-refractivity contribution < 1.29 is 4.79 Å². The van der Waals surface area contributed by atoms with E-state index in [1.54, 1.807) is 0 Å². The van der Waals surface area contributed by atoms with E-state index in [2.05, 4.69) is 78.2 Å². The molecule has 0 radical (unpaired) electrons. The van der Waals surface area contributed by atoms with Crippen molar-refractivity contribution >= 4 is 5.91 Å². The molecule has 0 spiro atoms. The highest BCUT2D eigenvalue weighted by Gasteiger charge is 2.25. The lowest BCUT2D eigenvalue weighted by Crippen LogP contribution is -2.45. The Bertz CT molecular complexity index is 691. The van der Waals surface area contributed by atoms with Crippen LogP contribution in [0.4, 0.5) is 0 Å². The molecule has 1 aliphatic rings. The molecule has 0 unspecified atom stereocenters. The quantitative estimate of drug-likeness (QED) is 0.728. The van der Waals surface area contributed by atoms with Crippen molar-refractivity contribution in [1.29, 1.82) is 0 Å². The van der Waals surface area contributed by atoms with Crippen molar-refractivity contribution in [2.45, 2.75) is 45.7 Å². The summed E-state index contributed by atoms with van der Waals surface area (Å²) in [5.41, 5.74) is 2.68. The van der Waals surface area contributed by atoms with Crippen molar-refractivity contribution in [3.8, 4) is 0 Å². The summed E-state index contributed by atoms with van der Waals surface area (Å²) in [6.07, 6.45) is 3.36. The first-order valence-electron chi connectivity index (χ1n) is 10.2. The SMILES string of the molecule is CC(C)N(CC(=O)N1CCC(Cc2ccccc2)CC1)Cc1ccccc1. The average Bonchev–Trinajstić information content (AvgIpc) is 2.69. The van der Waals surface area contributed by atoms with Gasteiger partial charge in [-0.3, -0.25) is 9.69 Å². The first-order valence-corrected chi connectivity index (χ1v) is 10.2. The molecular formula is C24H32N2O. The normalized spacial score (nSPS) is 15.5. The Kier molecular flexibility index (Phi) is 7.05. The lowest BCUT2D eigenvalue weighted by molar-refractivity contribution is -0.134. The van der Waals surface area contributed by atoms with Crippen LogP contribution in [0.25, 0.3) is 0 Å². The Morgan fingerprint density at radius 3 is 2.07 bits per heavy atom. The van der Waals surface area contributed by atoms with Gasteiger partial charge in [0.15, 0.2) is 0 Å². The molecule has 1 fully saturated rings. The van der Waals surface area contributed by atoms with E-state index >= 15 is 0 Å². The fourth-order valence-electron chi connectivity index (χ4n) is 3.85. The second kappa shape index (κ2) is 9.70. The Labute approximate surface area is 164 Å². The predicted molar refractivity (Wildman–Crippen MR) is 111 cm³/mol. The van der Waals surface area contributed by atoms with Gasteiger partial charge in [-0.2, -0.15) is 0 Å². The molecule has 0 saturated carbocycles. The fourth-order valence-corrected chi connectivity index (χ4v) is 3.85. The van der Waals surface area contributed by atoms with Gasteiger partial charge in [0.25, 0.3) is 0 Å². The van der Waals surface area contributed by atoms with Gasteiger partial charge in [0.2, 0.25) is 5.91 Å². The molecule has 2 aromatic carbocycles. The zero-order valence-corrected chi connectivity index (χ0v) is 16.7. The number of rotatable bonds is 7. The molecule has 1 saturated heterocycles. The van der Waals surface area contributed by atoms with Crippen LogP contribution in [0.15, 0.2) is 60.7 Å². The molecule has 0 atom stereocenters. The summed E-state index contributed by atoms with van der Waals surface area (Å²) in [7, 11) is 0. The lowest BCUT2D eigenvalue weighted by atomic mass is 9.90. The highest BCUT2D eigenvalue weighted by atomic mass is 16.2. The van der Waals surface area contributed by atoms with Crippen LogP contribution in [0.3, 0.4) is 0 Å². The van der Waals surface area contributed by atoms with E-state index in [4.69, 9.17) is 0 Å². The molecule has 27 heavy (non-hydrogen) atoms. The molecule has 0 N–H and O–H groups in total. The summed E-state index contributed by atoms with van der Waals surface area (Å²) in [4.78, 5) is 17.2. The molecule has 0 aliphatic carbocycles. The van der Waals surface area contributed by atoms with Crippen molar-refractivity contribution in [3.05, 3.63) is 71.8 Å². The van der Waals surface area contributed by atoms with Gasteiger partial charge in [-0.05, 0) is 50.2 Å². The molecule has 0 aromatic heterocycles. The Balaban J connectivity index is 1.49. The minimum atomic E-state index is 0.276. The van der Waals surface area contributed by atoms with E-state index in [0.29, 0.717) is 18.5 Å². The monoisotopic (exact) mass is 364 g/mol. The van der Waals surface area contributed by atoms with E-state index in [0.717, 1.165) is 38.9 Å². The second-order valence-electron chi connectivity index (χ2n) is 8.00. The van der Waals surface area contributed by atoms with Crippen LogP contribution >= 0.6 is 0 Å². The summed E-state index contributed by atoms with van der Waals surface area (Å²) >= 11 is 0. The molecule has 1 heterocycles. The third kappa shape index (κ3) is 5.93. The smallest absolute Gasteiger partial charge is 0.236 e. The molecule has 144 valence electrons. The number of piperidine rings is 1. The van der Waals surface area contributed by atoms with Crippen LogP contribution in [0.2, 0.25) is 0 Å². The standard InChI is InChI=1S/C24H32N2O/c1-20(2)26(18-23-11-7-4-8-12-23)19-24(27)25-15-13-22(14-16-25)17-21-9-5-3-6-10-21/h3-12,20,22H,13-19H2,1-2H3. The predicted octanol–water partition coefficient (Wildman–Crippen LogP) is 4.38. The van der Waals surface area contributed by atoms with Gasteiger partial charge in [0.05, 0.1) is 6.54 Å². The maximum atomic E-state index is 12.9. The second-order valence-corrected chi connectivity index (χ2v) is 8.00. The Morgan fingerprint density at radius 2 is 1.52 bits per heavy atom. The molecule has 1 amide bonds. The number of hydrogen-bond donors (Lipinski definition) is 0. The van der Waals surface area contributed by atoms with E-state index in [1.165, 1.54) is 11.1 Å². The van der Waals surface area contributed by atoms with Gasteiger partial charge in [0.1, 0.15) is 0 Å². The molecule has 0 bridgehead atoms. The minimum absolute atomic E-state index is 0.276. The molecule has 3 nitrogen and oxygen atoms in total. The van der Waals surface area contributed by atoms with E-state index in [-0.39, 0.29) is 5.91 Å². The summed E-state index contributed by atoms with van der Waals surface area (Å²) in [6.45, 7) is 7.47. The van der Waals surface area contributed by atoms with Crippen molar-refractivity contribution in [3.63, 3.8) is 0 Å². The van der Waals surface area contributed by atoms with Crippen molar-refractivity contribution in [1.82, 2.24) is 9.80 Å². The number of carbonyl (C=O) groups is 1.